The predicted octanol–water partition coefficient (Wildman–Crippen LogP) is 1.89. The molecule has 1 aromatic heterocycles. The van der Waals surface area contributed by atoms with Gasteiger partial charge in [0.1, 0.15) is 5.82 Å². The van der Waals surface area contributed by atoms with E-state index in [1.807, 2.05) is 18.2 Å². The third-order valence-corrected chi connectivity index (χ3v) is 2.72. The van der Waals surface area contributed by atoms with Crippen molar-refractivity contribution in [1.82, 2.24) is 4.98 Å². The molecule has 0 amide bonds. The van der Waals surface area contributed by atoms with Crippen LogP contribution in [0.3, 0.4) is 0 Å². The average Bonchev–Trinajstić information content (AvgIpc) is 2.71. The first-order valence-electron chi connectivity index (χ1n) is 5.31. The van der Waals surface area contributed by atoms with Crippen molar-refractivity contribution in [3.05, 3.63) is 23.9 Å². The van der Waals surface area contributed by atoms with Gasteiger partial charge in [-0.2, -0.15) is 0 Å². The maximum Gasteiger partial charge on any atom is 0.126 e. The minimum atomic E-state index is 0.514. The molecule has 0 aliphatic heterocycles. The molecule has 0 unspecified atom stereocenters. The molecule has 0 bridgehead atoms. The number of nitrogens with one attached hydrogen (secondary N) is 1. The zero-order chi connectivity index (χ0) is 9.80. The second-order valence-corrected chi connectivity index (χ2v) is 3.84. The van der Waals surface area contributed by atoms with Gasteiger partial charge in [0.2, 0.25) is 0 Å². The number of nitrogens with two attached hydrogens (primary N) is 1. The van der Waals surface area contributed by atoms with Crippen LogP contribution in [0.4, 0.5) is 5.82 Å². The highest BCUT2D eigenvalue weighted by Crippen LogP contribution is 2.21. The Morgan fingerprint density at radius 2 is 2.14 bits per heavy atom. The van der Waals surface area contributed by atoms with Gasteiger partial charge in [-0.05, 0) is 25.0 Å². The molecule has 1 aliphatic carbocycles. The lowest BCUT2D eigenvalue weighted by molar-refractivity contribution is 0.749. The number of hydrogen-bond donors (Lipinski definition) is 2. The van der Waals surface area contributed by atoms with Crippen LogP contribution in [-0.2, 0) is 6.54 Å². The lowest BCUT2D eigenvalue weighted by Crippen LogP contribution is -2.16. The van der Waals surface area contributed by atoms with Crippen molar-refractivity contribution in [2.75, 3.05) is 5.32 Å². The number of rotatable bonds is 3. The van der Waals surface area contributed by atoms with Crippen molar-refractivity contribution in [3.63, 3.8) is 0 Å². The Morgan fingerprint density at radius 3 is 2.86 bits per heavy atom. The predicted molar refractivity (Wildman–Crippen MR) is 58.0 cm³/mol. The molecule has 1 aromatic rings. The summed E-state index contributed by atoms with van der Waals surface area (Å²) in [6.07, 6.45) is 5.23. The molecule has 0 atom stereocenters. The second kappa shape index (κ2) is 4.42. The molecule has 76 valence electrons. The van der Waals surface area contributed by atoms with Crippen LogP contribution in [0, 0.1) is 0 Å². The summed E-state index contributed by atoms with van der Waals surface area (Å²) in [4.78, 5) is 4.42. The number of anilines is 1. The Morgan fingerprint density at radius 1 is 1.36 bits per heavy atom. The molecule has 3 heteroatoms. The van der Waals surface area contributed by atoms with Crippen LogP contribution in [0.1, 0.15) is 31.4 Å². The van der Waals surface area contributed by atoms with E-state index >= 15 is 0 Å². The molecule has 14 heavy (non-hydrogen) atoms. The first kappa shape index (κ1) is 9.46. The molecule has 1 aliphatic rings. The van der Waals surface area contributed by atoms with Crippen molar-refractivity contribution in [1.29, 1.82) is 0 Å². The molecule has 1 heterocycles. The summed E-state index contributed by atoms with van der Waals surface area (Å²) in [5.74, 6) is 0.972. The van der Waals surface area contributed by atoms with Crippen LogP contribution in [0.25, 0.3) is 0 Å². The van der Waals surface area contributed by atoms with Gasteiger partial charge >= 0.3 is 0 Å². The summed E-state index contributed by atoms with van der Waals surface area (Å²) < 4.78 is 0. The smallest absolute Gasteiger partial charge is 0.126 e. The summed E-state index contributed by atoms with van der Waals surface area (Å²) in [6, 6.07) is 6.60. The molecule has 0 aromatic carbocycles. The molecule has 0 spiro atoms. The zero-order valence-corrected chi connectivity index (χ0v) is 8.37. The quantitative estimate of drug-likeness (QED) is 0.767. The van der Waals surface area contributed by atoms with E-state index in [0.29, 0.717) is 12.6 Å². The Kier molecular flexibility index (Phi) is 2.99. The summed E-state index contributed by atoms with van der Waals surface area (Å²) in [6.45, 7) is 0.514. The summed E-state index contributed by atoms with van der Waals surface area (Å²) in [7, 11) is 0. The molecule has 3 N–H and O–H groups in total. The minimum absolute atomic E-state index is 0.514. The van der Waals surface area contributed by atoms with Crippen LogP contribution >= 0.6 is 0 Å². The summed E-state index contributed by atoms with van der Waals surface area (Å²) in [5.41, 5.74) is 6.49. The fourth-order valence-electron chi connectivity index (χ4n) is 1.95. The van der Waals surface area contributed by atoms with E-state index in [1.54, 1.807) is 0 Å². The van der Waals surface area contributed by atoms with E-state index in [4.69, 9.17) is 5.73 Å². The maximum absolute atomic E-state index is 5.54. The maximum atomic E-state index is 5.54. The van der Waals surface area contributed by atoms with Crippen LogP contribution in [0.5, 0.6) is 0 Å². The van der Waals surface area contributed by atoms with Crippen LogP contribution in [-0.4, -0.2) is 11.0 Å². The third-order valence-electron chi connectivity index (χ3n) is 2.72. The SMILES string of the molecule is NCc1cccc(NC2CCCC2)n1. The molecule has 2 rings (SSSR count). The van der Waals surface area contributed by atoms with Crippen LogP contribution in [0.2, 0.25) is 0 Å². The van der Waals surface area contributed by atoms with Gasteiger partial charge in [-0.15, -0.1) is 0 Å². The van der Waals surface area contributed by atoms with Crippen LogP contribution < -0.4 is 11.1 Å². The lowest BCUT2D eigenvalue weighted by Gasteiger charge is -2.12. The lowest BCUT2D eigenvalue weighted by atomic mass is 10.2. The Labute approximate surface area is 84.7 Å². The fourth-order valence-corrected chi connectivity index (χ4v) is 1.95. The molecular weight excluding hydrogens is 174 g/mol. The molecule has 0 saturated heterocycles. The molecule has 1 saturated carbocycles. The largest absolute Gasteiger partial charge is 0.367 e. The van der Waals surface area contributed by atoms with Crippen molar-refractivity contribution in [2.45, 2.75) is 38.3 Å². The van der Waals surface area contributed by atoms with Crippen molar-refractivity contribution >= 4 is 5.82 Å². The number of hydrogen-bond acceptors (Lipinski definition) is 3. The topological polar surface area (TPSA) is 50.9 Å². The molecule has 3 nitrogen and oxygen atoms in total. The fraction of sp³-hybridized carbons (Fsp3) is 0.545. The number of nitrogens with zero attached hydrogens (tertiary/aromatic N) is 1. The molecule has 1 fully saturated rings. The number of aromatic nitrogens is 1. The monoisotopic (exact) mass is 191 g/mol. The average molecular weight is 191 g/mol. The Bertz CT molecular complexity index is 292. The highest BCUT2D eigenvalue weighted by atomic mass is 15.0. The van der Waals surface area contributed by atoms with E-state index < -0.39 is 0 Å². The summed E-state index contributed by atoms with van der Waals surface area (Å²) in [5, 5.41) is 3.45. The van der Waals surface area contributed by atoms with E-state index in [-0.39, 0.29) is 0 Å². The number of pyridine rings is 1. The van der Waals surface area contributed by atoms with Gasteiger partial charge in [0, 0.05) is 12.6 Å². The van der Waals surface area contributed by atoms with Gasteiger partial charge in [0.05, 0.1) is 5.69 Å². The highest BCUT2D eigenvalue weighted by Gasteiger charge is 2.14. The van der Waals surface area contributed by atoms with E-state index in [0.717, 1.165) is 11.5 Å². The third kappa shape index (κ3) is 2.23. The summed E-state index contributed by atoms with van der Waals surface area (Å²) >= 11 is 0. The van der Waals surface area contributed by atoms with Gasteiger partial charge in [0.15, 0.2) is 0 Å². The highest BCUT2D eigenvalue weighted by molar-refractivity contribution is 5.36. The zero-order valence-electron chi connectivity index (χ0n) is 8.37. The Balaban J connectivity index is 2.00. The first-order chi connectivity index (χ1) is 6.88. The molecular formula is C11H17N3. The van der Waals surface area contributed by atoms with Crippen molar-refractivity contribution in [3.8, 4) is 0 Å². The van der Waals surface area contributed by atoms with E-state index in [1.165, 1.54) is 25.7 Å². The minimum Gasteiger partial charge on any atom is -0.367 e. The Hall–Kier alpha value is -1.09. The van der Waals surface area contributed by atoms with Crippen LogP contribution in [0.15, 0.2) is 18.2 Å². The standard InChI is InChI=1S/C11H17N3/c12-8-10-6-3-7-11(14-10)13-9-4-1-2-5-9/h3,6-7,9H,1-2,4-5,8,12H2,(H,13,14). The molecule has 0 radical (unpaired) electrons. The normalized spacial score (nSPS) is 17.2. The first-order valence-corrected chi connectivity index (χ1v) is 5.31. The van der Waals surface area contributed by atoms with Crippen molar-refractivity contribution in [2.24, 2.45) is 5.73 Å². The van der Waals surface area contributed by atoms with Gasteiger partial charge in [0.25, 0.3) is 0 Å². The van der Waals surface area contributed by atoms with Gasteiger partial charge in [-0.1, -0.05) is 18.9 Å². The van der Waals surface area contributed by atoms with E-state index in [2.05, 4.69) is 10.3 Å². The van der Waals surface area contributed by atoms with E-state index in [9.17, 15) is 0 Å². The van der Waals surface area contributed by atoms with Gasteiger partial charge in [-0.3, -0.25) is 0 Å². The van der Waals surface area contributed by atoms with Gasteiger partial charge < -0.3 is 11.1 Å². The van der Waals surface area contributed by atoms with Crippen molar-refractivity contribution < 1.29 is 0 Å². The van der Waals surface area contributed by atoms with Gasteiger partial charge in [-0.25, -0.2) is 4.98 Å². The second-order valence-electron chi connectivity index (χ2n) is 3.84.